The summed E-state index contributed by atoms with van der Waals surface area (Å²) in [4.78, 5) is 0. The molecule has 0 N–H and O–H groups in total. The largest absolute Gasteiger partial charge is 0.573 e. The molecule has 7 heteroatoms. The Kier molecular flexibility index (Phi) is 3.66. The third-order valence-corrected chi connectivity index (χ3v) is 2.60. The summed E-state index contributed by atoms with van der Waals surface area (Å²) in [5, 5.41) is 0.0772. The molecule has 0 aliphatic carbocycles. The predicted octanol–water partition coefficient (Wildman–Crippen LogP) is 3.33. The van der Waals surface area contributed by atoms with Crippen molar-refractivity contribution in [1.82, 2.24) is 4.57 Å². The number of aromatic nitrogens is 1. The Morgan fingerprint density at radius 1 is 1.21 bits per heavy atom. The molecule has 0 unspecified atom stereocenters. The Bertz CT molecular complexity index is 577. The van der Waals surface area contributed by atoms with Gasteiger partial charge < -0.3 is 14.0 Å². The van der Waals surface area contributed by atoms with Gasteiger partial charge >= 0.3 is 6.36 Å². The van der Waals surface area contributed by atoms with Gasteiger partial charge in [0.1, 0.15) is 11.6 Å². The lowest BCUT2D eigenvalue weighted by molar-refractivity contribution is -0.274. The highest BCUT2D eigenvalue weighted by Gasteiger charge is 2.32. The maximum Gasteiger partial charge on any atom is 0.573 e. The van der Waals surface area contributed by atoms with Crippen molar-refractivity contribution in [1.29, 1.82) is 0 Å². The van der Waals surface area contributed by atoms with Gasteiger partial charge in [-0.05, 0) is 18.2 Å². The molecule has 0 fully saturated rings. The molecular formula is C12H11F4NO2. The van der Waals surface area contributed by atoms with Crippen LogP contribution in [0, 0.1) is 5.82 Å². The van der Waals surface area contributed by atoms with E-state index in [0.717, 1.165) is 12.1 Å². The van der Waals surface area contributed by atoms with Gasteiger partial charge in [-0.25, -0.2) is 4.39 Å². The molecule has 0 bridgehead atoms. The summed E-state index contributed by atoms with van der Waals surface area (Å²) in [6.45, 7) is 0.667. The highest BCUT2D eigenvalue weighted by molar-refractivity contribution is 5.87. The molecule has 0 aliphatic heterocycles. The Hall–Kier alpha value is -1.76. The summed E-state index contributed by atoms with van der Waals surface area (Å²) >= 11 is 0. The monoisotopic (exact) mass is 277 g/mol. The first kappa shape index (κ1) is 13.7. The second-order valence-corrected chi connectivity index (χ2v) is 3.86. The van der Waals surface area contributed by atoms with Crippen LogP contribution < -0.4 is 4.74 Å². The van der Waals surface area contributed by atoms with Gasteiger partial charge in [0.25, 0.3) is 0 Å². The minimum atomic E-state index is -4.81. The molecule has 1 heterocycles. The molecule has 0 saturated heterocycles. The van der Waals surface area contributed by atoms with Crippen molar-refractivity contribution in [2.75, 3.05) is 13.7 Å². The van der Waals surface area contributed by atoms with E-state index in [0.29, 0.717) is 13.2 Å². The maximum atomic E-state index is 13.7. The third-order valence-electron chi connectivity index (χ3n) is 2.60. The van der Waals surface area contributed by atoms with Crippen molar-refractivity contribution in [2.24, 2.45) is 0 Å². The van der Waals surface area contributed by atoms with Gasteiger partial charge in [0.15, 0.2) is 0 Å². The number of alkyl halides is 3. The Morgan fingerprint density at radius 2 is 1.95 bits per heavy atom. The normalized spacial score (nSPS) is 12.1. The van der Waals surface area contributed by atoms with E-state index in [1.165, 1.54) is 23.9 Å². The maximum absolute atomic E-state index is 13.7. The van der Waals surface area contributed by atoms with Crippen molar-refractivity contribution in [2.45, 2.75) is 12.9 Å². The van der Waals surface area contributed by atoms with Crippen molar-refractivity contribution < 1.29 is 27.0 Å². The number of methoxy groups -OCH3 is 1. The van der Waals surface area contributed by atoms with Crippen LogP contribution in [0.5, 0.6) is 5.75 Å². The average molecular weight is 277 g/mol. The zero-order valence-corrected chi connectivity index (χ0v) is 10.00. The van der Waals surface area contributed by atoms with Crippen LogP contribution in [0.25, 0.3) is 10.9 Å². The van der Waals surface area contributed by atoms with E-state index in [1.807, 2.05) is 0 Å². The fourth-order valence-electron chi connectivity index (χ4n) is 1.84. The molecule has 0 saturated carbocycles. The van der Waals surface area contributed by atoms with Crippen LogP contribution in [0.4, 0.5) is 17.6 Å². The number of benzene rings is 1. The number of hydrogen-bond acceptors (Lipinski definition) is 2. The second kappa shape index (κ2) is 5.08. The zero-order valence-electron chi connectivity index (χ0n) is 10.00. The molecule has 0 atom stereocenters. The van der Waals surface area contributed by atoms with Crippen molar-refractivity contribution in [3.05, 3.63) is 30.2 Å². The van der Waals surface area contributed by atoms with Gasteiger partial charge in [-0.15, -0.1) is 13.2 Å². The molecule has 19 heavy (non-hydrogen) atoms. The quantitative estimate of drug-likeness (QED) is 0.800. The van der Waals surface area contributed by atoms with E-state index in [-0.39, 0.29) is 10.9 Å². The molecule has 0 radical (unpaired) electrons. The smallest absolute Gasteiger partial charge is 0.405 e. The van der Waals surface area contributed by atoms with Gasteiger partial charge in [0.05, 0.1) is 12.1 Å². The van der Waals surface area contributed by atoms with Crippen LogP contribution in [-0.4, -0.2) is 24.6 Å². The molecule has 2 aromatic rings. The molecular weight excluding hydrogens is 266 g/mol. The lowest BCUT2D eigenvalue weighted by Gasteiger charge is -2.11. The van der Waals surface area contributed by atoms with Crippen molar-refractivity contribution in [3.63, 3.8) is 0 Å². The molecule has 0 spiro atoms. The molecule has 0 aliphatic rings. The van der Waals surface area contributed by atoms with E-state index in [9.17, 15) is 17.6 Å². The van der Waals surface area contributed by atoms with Crippen LogP contribution in [-0.2, 0) is 11.3 Å². The molecule has 104 valence electrons. The first-order valence-electron chi connectivity index (χ1n) is 5.44. The minimum Gasteiger partial charge on any atom is -0.405 e. The van der Waals surface area contributed by atoms with E-state index >= 15 is 0 Å². The SMILES string of the molecule is COCCn1ccc2c(OC(F)(F)F)ccc(F)c21. The fourth-order valence-corrected chi connectivity index (χ4v) is 1.84. The first-order chi connectivity index (χ1) is 8.92. The van der Waals surface area contributed by atoms with Gasteiger partial charge in [-0.1, -0.05) is 0 Å². The van der Waals surface area contributed by atoms with Crippen LogP contribution in [0.2, 0.25) is 0 Å². The summed E-state index contributed by atoms with van der Waals surface area (Å²) in [6.07, 6.45) is -3.31. The predicted molar refractivity (Wildman–Crippen MR) is 60.5 cm³/mol. The lowest BCUT2D eigenvalue weighted by Crippen LogP contribution is -2.17. The van der Waals surface area contributed by atoms with Crippen molar-refractivity contribution >= 4 is 10.9 Å². The van der Waals surface area contributed by atoms with Crippen LogP contribution in [0.3, 0.4) is 0 Å². The van der Waals surface area contributed by atoms with Crippen LogP contribution >= 0.6 is 0 Å². The standard InChI is InChI=1S/C12H11F4NO2/c1-18-7-6-17-5-4-8-10(19-12(14,15)16)3-2-9(13)11(8)17/h2-5H,6-7H2,1H3. The minimum absolute atomic E-state index is 0.0683. The van der Waals surface area contributed by atoms with Gasteiger partial charge in [-0.3, -0.25) is 0 Å². The topological polar surface area (TPSA) is 23.4 Å². The summed E-state index contributed by atoms with van der Waals surface area (Å²) in [5.41, 5.74) is 0.0683. The number of fused-ring (bicyclic) bond motifs is 1. The zero-order chi connectivity index (χ0) is 14.0. The second-order valence-electron chi connectivity index (χ2n) is 3.86. The molecule has 2 rings (SSSR count). The van der Waals surface area contributed by atoms with E-state index in [1.54, 1.807) is 0 Å². The summed E-state index contributed by atoms with van der Waals surface area (Å²) in [6, 6.07) is 3.30. The number of rotatable bonds is 4. The Balaban J connectivity index is 2.46. The molecule has 3 nitrogen and oxygen atoms in total. The summed E-state index contributed by atoms with van der Waals surface area (Å²) in [5.74, 6) is -1.02. The van der Waals surface area contributed by atoms with Crippen LogP contribution in [0.1, 0.15) is 0 Å². The number of nitrogens with zero attached hydrogens (tertiary/aromatic N) is 1. The highest BCUT2D eigenvalue weighted by atomic mass is 19.4. The van der Waals surface area contributed by atoms with Crippen LogP contribution in [0.15, 0.2) is 24.4 Å². The van der Waals surface area contributed by atoms with Gasteiger partial charge in [-0.2, -0.15) is 0 Å². The fraction of sp³-hybridized carbons (Fsp3) is 0.333. The van der Waals surface area contributed by atoms with Gasteiger partial charge in [0.2, 0.25) is 0 Å². The Labute approximate surface area is 106 Å². The summed E-state index contributed by atoms with van der Waals surface area (Å²) < 4.78 is 60.7. The average Bonchev–Trinajstić information content (AvgIpc) is 2.73. The van der Waals surface area contributed by atoms with E-state index < -0.39 is 17.9 Å². The summed E-state index contributed by atoms with van der Waals surface area (Å²) in [7, 11) is 1.49. The molecule has 1 aromatic carbocycles. The van der Waals surface area contributed by atoms with E-state index in [4.69, 9.17) is 4.74 Å². The first-order valence-corrected chi connectivity index (χ1v) is 5.44. The van der Waals surface area contributed by atoms with Crippen molar-refractivity contribution in [3.8, 4) is 5.75 Å². The van der Waals surface area contributed by atoms with Gasteiger partial charge in [0, 0.05) is 25.2 Å². The third kappa shape index (κ3) is 2.98. The number of halogens is 4. The Morgan fingerprint density at radius 3 is 2.58 bits per heavy atom. The van der Waals surface area contributed by atoms with E-state index in [2.05, 4.69) is 4.74 Å². The number of ether oxygens (including phenoxy) is 2. The lowest BCUT2D eigenvalue weighted by atomic mass is 10.2. The highest BCUT2D eigenvalue weighted by Crippen LogP contribution is 2.32. The number of hydrogen-bond donors (Lipinski definition) is 0. The molecule has 0 amide bonds. The molecule has 1 aromatic heterocycles.